The van der Waals surface area contributed by atoms with Crippen molar-refractivity contribution in [2.75, 3.05) is 12.3 Å². The molecule has 1 aromatic rings. The molecular weight excluding hydrogens is 247 g/mol. The number of rotatable bonds is 3. The Bertz CT molecular complexity index is 479. The maximum atomic E-state index is 12.9. The topological polar surface area (TPSA) is 64.3 Å². The first kappa shape index (κ1) is 15.0. The van der Waals surface area contributed by atoms with Crippen molar-refractivity contribution in [3.8, 4) is 0 Å². The molecular formula is C14H19FN2O2. The molecule has 0 saturated carbocycles. The van der Waals surface area contributed by atoms with Gasteiger partial charge < -0.3 is 15.8 Å². The van der Waals surface area contributed by atoms with E-state index in [1.807, 2.05) is 0 Å². The Morgan fingerprint density at radius 1 is 1.47 bits per heavy atom. The molecule has 0 aliphatic carbocycles. The van der Waals surface area contributed by atoms with Crippen molar-refractivity contribution in [1.82, 2.24) is 5.32 Å². The highest BCUT2D eigenvalue weighted by molar-refractivity contribution is 5.68. The molecule has 0 aliphatic rings. The Balaban J connectivity index is 2.42. The number of carbonyl (C=O) groups excluding carboxylic acids is 1. The number of anilines is 1. The third-order valence-corrected chi connectivity index (χ3v) is 2.09. The summed E-state index contributed by atoms with van der Waals surface area (Å²) in [5, 5.41) is 2.58. The zero-order chi connectivity index (χ0) is 14.5. The second-order valence-corrected chi connectivity index (χ2v) is 5.07. The highest BCUT2D eigenvalue weighted by atomic mass is 19.1. The van der Waals surface area contributed by atoms with E-state index in [2.05, 4.69) is 5.32 Å². The number of nitrogens with two attached hydrogens (primary N) is 1. The molecule has 1 rings (SSSR count). The number of benzene rings is 1. The predicted octanol–water partition coefficient (Wildman–Crippen LogP) is 2.95. The second-order valence-electron chi connectivity index (χ2n) is 5.07. The lowest BCUT2D eigenvalue weighted by atomic mass is 10.2. The molecule has 0 heterocycles. The average Bonchev–Trinajstić information content (AvgIpc) is 2.27. The number of nitrogens with one attached hydrogen (secondary N) is 1. The number of amides is 1. The molecule has 4 nitrogen and oxygen atoms in total. The van der Waals surface area contributed by atoms with Crippen LogP contribution in [0.4, 0.5) is 14.9 Å². The van der Waals surface area contributed by atoms with Gasteiger partial charge in [-0.25, -0.2) is 9.18 Å². The van der Waals surface area contributed by atoms with Gasteiger partial charge in [-0.05, 0) is 38.5 Å². The number of carbonyl (C=O) groups is 1. The van der Waals surface area contributed by atoms with E-state index in [0.717, 1.165) is 5.56 Å². The highest BCUT2D eigenvalue weighted by Crippen LogP contribution is 2.13. The Morgan fingerprint density at radius 2 is 2.16 bits per heavy atom. The van der Waals surface area contributed by atoms with Gasteiger partial charge >= 0.3 is 6.09 Å². The fraction of sp³-hybridized carbons (Fsp3) is 0.357. The van der Waals surface area contributed by atoms with Gasteiger partial charge in [0.05, 0.1) is 5.69 Å². The van der Waals surface area contributed by atoms with Crippen molar-refractivity contribution in [3.63, 3.8) is 0 Å². The normalized spacial score (nSPS) is 11.6. The summed E-state index contributed by atoms with van der Waals surface area (Å²) in [4.78, 5) is 11.3. The van der Waals surface area contributed by atoms with Crippen LogP contribution in [0, 0.1) is 5.82 Å². The summed E-state index contributed by atoms with van der Waals surface area (Å²) < 4.78 is 18.0. The molecule has 0 saturated heterocycles. The Hall–Kier alpha value is -2.04. The Kier molecular flexibility index (Phi) is 4.92. The van der Waals surface area contributed by atoms with Crippen LogP contribution in [0.5, 0.6) is 0 Å². The zero-order valence-electron chi connectivity index (χ0n) is 11.4. The quantitative estimate of drug-likeness (QED) is 0.827. The molecule has 0 aromatic heterocycles. The Labute approximate surface area is 112 Å². The van der Waals surface area contributed by atoms with Gasteiger partial charge in [-0.15, -0.1) is 0 Å². The van der Waals surface area contributed by atoms with E-state index in [-0.39, 0.29) is 5.69 Å². The van der Waals surface area contributed by atoms with Crippen molar-refractivity contribution >= 4 is 17.9 Å². The van der Waals surface area contributed by atoms with Gasteiger partial charge in [0.1, 0.15) is 11.4 Å². The van der Waals surface area contributed by atoms with Gasteiger partial charge in [0, 0.05) is 6.54 Å². The van der Waals surface area contributed by atoms with Crippen LogP contribution in [0.15, 0.2) is 24.3 Å². The van der Waals surface area contributed by atoms with Gasteiger partial charge in [0.15, 0.2) is 0 Å². The second kappa shape index (κ2) is 6.22. The third-order valence-electron chi connectivity index (χ3n) is 2.09. The van der Waals surface area contributed by atoms with Gasteiger partial charge in [-0.3, -0.25) is 0 Å². The van der Waals surface area contributed by atoms with Crippen LogP contribution in [-0.2, 0) is 4.74 Å². The largest absolute Gasteiger partial charge is 0.444 e. The lowest BCUT2D eigenvalue weighted by Crippen LogP contribution is -2.32. The lowest BCUT2D eigenvalue weighted by molar-refractivity contribution is 0.0534. The molecule has 0 fully saturated rings. The first-order valence-electron chi connectivity index (χ1n) is 5.96. The van der Waals surface area contributed by atoms with Crippen LogP contribution in [0.3, 0.4) is 0 Å². The molecule has 1 aromatic carbocycles. The summed E-state index contributed by atoms with van der Waals surface area (Å²) in [5.41, 5.74) is 5.80. The minimum Gasteiger partial charge on any atom is -0.444 e. The molecule has 0 spiro atoms. The van der Waals surface area contributed by atoms with Gasteiger partial charge in [-0.1, -0.05) is 18.2 Å². The fourth-order valence-corrected chi connectivity index (χ4v) is 1.32. The molecule has 0 aliphatic heterocycles. The van der Waals surface area contributed by atoms with E-state index in [4.69, 9.17) is 10.5 Å². The molecule has 104 valence electrons. The summed E-state index contributed by atoms with van der Waals surface area (Å²) in [7, 11) is 0. The molecule has 1 amide bonds. The van der Waals surface area contributed by atoms with Crippen molar-refractivity contribution in [3.05, 3.63) is 35.7 Å². The smallest absolute Gasteiger partial charge is 0.407 e. The van der Waals surface area contributed by atoms with Crippen LogP contribution in [0.25, 0.3) is 6.08 Å². The minimum atomic E-state index is -0.515. The predicted molar refractivity (Wildman–Crippen MR) is 74.1 cm³/mol. The number of ether oxygens (including phenoxy) is 1. The highest BCUT2D eigenvalue weighted by Gasteiger charge is 2.14. The number of alkyl carbamates (subject to hydrolysis) is 1. The van der Waals surface area contributed by atoms with Crippen LogP contribution in [0.1, 0.15) is 26.3 Å². The summed E-state index contributed by atoms with van der Waals surface area (Å²) in [6.45, 7) is 5.71. The number of hydrogen-bond acceptors (Lipinski definition) is 3. The van der Waals surface area contributed by atoms with Gasteiger partial charge in [0.25, 0.3) is 0 Å². The summed E-state index contributed by atoms with van der Waals surface area (Å²) >= 11 is 0. The van der Waals surface area contributed by atoms with E-state index in [0.29, 0.717) is 6.54 Å². The van der Waals surface area contributed by atoms with Crippen LogP contribution < -0.4 is 11.1 Å². The van der Waals surface area contributed by atoms with Gasteiger partial charge in [-0.2, -0.15) is 0 Å². The maximum Gasteiger partial charge on any atom is 0.407 e. The molecule has 0 bridgehead atoms. The van der Waals surface area contributed by atoms with Crippen molar-refractivity contribution in [2.45, 2.75) is 26.4 Å². The summed E-state index contributed by atoms with van der Waals surface area (Å²) in [6, 6.07) is 4.44. The fourth-order valence-electron chi connectivity index (χ4n) is 1.32. The third kappa shape index (κ3) is 5.90. The molecule has 0 atom stereocenters. The Morgan fingerprint density at radius 3 is 2.74 bits per heavy atom. The lowest BCUT2D eigenvalue weighted by Gasteiger charge is -2.19. The van der Waals surface area contributed by atoms with E-state index in [1.165, 1.54) is 12.1 Å². The minimum absolute atomic E-state index is 0.0993. The number of hydrogen-bond donors (Lipinski definition) is 2. The molecule has 5 heteroatoms. The molecule has 3 N–H and O–H groups in total. The maximum absolute atomic E-state index is 12.9. The zero-order valence-corrected chi connectivity index (χ0v) is 11.4. The monoisotopic (exact) mass is 266 g/mol. The molecule has 0 radical (unpaired) electrons. The van der Waals surface area contributed by atoms with Crippen LogP contribution in [-0.4, -0.2) is 18.2 Å². The average molecular weight is 266 g/mol. The van der Waals surface area contributed by atoms with E-state index in [1.54, 1.807) is 39.0 Å². The number of halogens is 1. The van der Waals surface area contributed by atoms with Crippen molar-refractivity contribution in [1.29, 1.82) is 0 Å². The van der Waals surface area contributed by atoms with Crippen LogP contribution in [0.2, 0.25) is 0 Å². The first-order valence-corrected chi connectivity index (χ1v) is 5.96. The molecule has 0 unspecified atom stereocenters. The number of nitrogen functional groups attached to an aromatic ring is 1. The van der Waals surface area contributed by atoms with E-state index < -0.39 is 17.5 Å². The molecule has 19 heavy (non-hydrogen) atoms. The standard InChI is InChI=1S/C14H19FN2O2/c1-14(2,3)19-13(18)17-8-4-5-10-6-7-11(15)12(16)9-10/h4-7,9H,8,16H2,1-3H3,(H,17,18). The van der Waals surface area contributed by atoms with Crippen molar-refractivity contribution in [2.24, 2.45) is 0 Å². The van der Waals surface area contributed by atoms with Crippen LogP contribution >= 0.6 is 0 Å². The summed E-state index contributed by atoms with van der Waals surface area (Å²) in [5.74, 6) is -0.441. The summed E-state index contributed by atoms with van der Waals surface area (Å²) in [6.07, 6.45) is 3.00. The van der Waals surface area contributed by atoms with Gasteiger partial charge in [0.2, 0.25) is 0 Å². The first-order chi connectivity index (χ1) is 8.78. The van der Waals surface area contributed by atoms with E-state index in [9.17, 15) is 9.18 Å². The van der Waals surface area contributed by atoms with E-state index >= 15 is 0 Å². The SMILES string of the molecule is CC(C)(C)OC(=O)NCC=Cc1ccc(F)c(N)c1. The van der Waals surface area contributed by atoms with Crippen molar-refractivity contribution < 1.29 is 13.9 Å².